The lowest BCUT2D eigenvalue weighted by Gasteiger charge is -2.22. The van der Waals surface area contributed by atoms with Gasteiger partial charge in [-0.3, -0.25) is 14.4 Å². The van der Waals surface area contributed by atoms with Gasteiger partial charge in [-0.25, -0.2) is 0 Å². The highest BCUT2D eigenvalue weighted by atomic mass is 16.6. The number of carbonyl (C=O) groups is 3. The minimum Gasteiger partial charge on any atom is -0.463 e. The zero-order valence-electron chi connectivity index (χ0n) is 11.4. The highest BCUT2D eigenvalue weighted by Gasteiger charge is 2.47. The van der Waals surface area contributed by atoms with Crippen LogP contribution in [0.4, 0.5) is 0 Å². The first-order chi connectivity index (χ1) is 8.81. The van der Waals surface area contributed by atoms with Gasteiger partial charge in [0.15, 0.2) is 12.2 Å². The van der Waals surface area contributed by atoms with E-state index in [1.165, 1.54) is 20.8 Å². The van der Waals surface area contributed by atoms with E-state index in [9.17, 15) is 14.4 Å². The van der Waals surface area contributed by atoms with Gasteiger partial charge in [0.1, 0.15) is 20.6 Å². The molecule has 19 heavy (non-hydrogen) atoms. The molecular weight excluding hydrogens is 255 g/mol. The van der Waals surface area contributed by atoms with Crippen molar-refractivity contribution in [3.05, 3.63) is 0 Å². The Hall–Kier alpha value is -1.57. The second-order valence-corrected chi connectivity index (χ2v) is 4.33. The lowest BCUT2D eigenvalue weighted by atomic mass is 9.92. The topological polar surface area (TPSA) is 88.1 Å². The molecule has 8 heteroatoms. The maximum Gasteiger partial charge on any atom is 0.303 e. The van der Waals surface area contributed by atoms with Crippen molar-refractivity contribution in [3.63, 3.8) is 0 Å². The smallest absolute Gasteiger partial charge is 0.303 e. The van der Waals surface area contributed by atoms with Gasteiger partial charge in [0.2, 0.25) is 0 Å². The summed E-state index contributed by atoms with van der Waals surface area (Å²) in [7, 11) is 1.69. The standard InChI is InChI=1S/C11H17BO7/c1-5(13)16-4-8-9(17-6(2)14)10(11(12)19-8)18-7(3)15/h8-11H,4,12H2,1-3H3/t8-,9-,10-,11+/m1/s1. The van der Waals surface area contributed by atoms with Crippen LogP contribution >= 0.6 is 0 Å². The van der Waals surface area contributed by atoms with E-state index in [-0.39, 0.29) is 6.61 Å². The number of hydrogen-bond donors (Lipinski definition) is 0. The summed E-state index contributed by atoms with van der Waals surface area (Å²) in [5, 5.41) is 0. The van der Waals surface area contributed by atoms with Crippen LogP contribution in [0.1, 0.15) is 20.8 Å². The highest BCUT2D eigenvalue weighted by molar-refractivity contribution is 6.11. The summed E-state index contributed by atoms with van der Waals surface area (Å²) in [6, 6.07) is -0.450. The molecule has 1 heterocycles. The lowest BCUT2D eigenvalue weighted by Crippen LogP contribution is -2.41. The molecule has 0 bridgehead atoms. The van der Waals surface area contributed by atoms with Crippen LogP contribution in [0.25, 0.3) is 0 Å². The normalized spacial score (nSPS) is 29.6. The summed E-state index contributed by atoms with van der Waals surface area (Å²) < 4.78 is 20.6. The van der Waals surface area contributed by atoms with E-state index in [0.29, 0.717) is 0 Å². The van der Waals surface area contributed by atoms with E-state index in [1.54, 1.807) is 7.85 Å². The molecule has 0 radical (unpaired) electrons. The third-order valence-corrected chi connectivity index (χ3v) is 2.60. The van der Waals surface area contributed by atoms with Crippen molar-refractivity contribution in [2.75, 3.05) is 6.61 Å². The Balaban J connectivity index is 2.76. The van der Waals surface area contributed by atoms with Crippen LogP contribution < -0.4 is 0 Å². The van der Waals surface area contributed by atoms with Crippen molar-refractivity contribution < 1.29 is 33.3 Å². The average molecular weight is 272 g/mol. The number of carbonyl (C=O) groups excluding carboxylic acids is 3. The van der Waals surface area contributed by atoms with Crippen LogP contribution in [0.3, 0.4) is 0 Å². The molecule has 0 unspecified atom stereocenters. The molecule has 4 atom stereocenters. The maximum absolute atomic E-state index is 11.1. The Morgan fingerprint density at radius 3 is 2.00 bits per heavy atom. The first kappa shape index (κ1) is 15.5. The summed E-state index contributed by atoms with van der Waals surface area (Å²) in [6.07, 6.45) is -2.13. The average Bonchev–Trinajstić information content (AvgIpc) is 2.53. The molecule has 1 aliphatic heterocycles. The van der Waals surface area contributed by atoms with Gasteiger partial charge in [0.25, 0.3) is 0 Å². The Kier molecular flexibility index (Phi) is 5.35. The molecule has 0 saturated carbocycles. The van der Waals surface area contributed by atoms with E-state index >= 15 is 0 Å². The third-order valence-electron chi connectivity index (χ3n) is 2.60. The van der Waals surface area contributed by atoms with E-state index in [2.05, 4.69) is 0 Å². The summed E-state index contributed by atoms with van der Waals surface area (Å²) in [5.74, 6) is -1.48. The van der Waals surface area contributed by atoms with Crippen LogP contribution in [-0.2, 0) is 33.3 Å². The molecule has 7 nitrogen and oxygen atoms in total. The molecule has 0 N–H and O–H groups in total. The Bertz CT molecular complexity index is 370. The molecule has 1 aliphatic rings. The van der Waals surface area contributed by atoms with Crippen molar-refractivity contribution in [1.82, 2.24) is 0 Å². The maximum atomic E-state index is 11.1. The van der Waals surface area contributed by atoms with E-state index in [1.807, 2.05) is 0 Å². The molecular formula is C11H17BO7. The number of ether oxygens (including phenoxy) is 4. The summed E-state index contributed by atoms with van der Waals surface area (Å²) in [4.78, 5) is 32.9. The SMILES string of the molecule is B[C@H]1O[C@H](COC(C)=O)[C@@H](OC(C)=O)[C@H]1OC(C)=O. The van der Waals surface area contributed by atoms with E-state index in [4.69, 9.17) is 18.9 Å². The predicted molar refractivity (Wildman–Crippen MR) is 64.9 cm³/mol. The van der Waals surface area contributed by atoms with Gasteiger partial charge in [-0.05, 0) is 0 Å². The predicted octanol–water partition coefficient (Wildman–Crippen LogP) is -1.23. The molecule has 0 amide bonds. The molecule has 1 saturated heterocycles. The molecule has 1 fully saturated rings. The summed E-state index contributed by atoms with van der Waals surface area (Å²) in [5.41, 5.74) is 0. The largest absolute Gasteiger partial charge is 0.463 e. The molecule has 106 valence electrons. The van der Waals surface area contributed by atoms with Crippen LogP contribution in [0.5, 0.6) is 0 Å². The quantitative estimate of drug-likeness (QED) is 0.359. The first-order valence-corrected chi connectivity index (χ1v) is 5.94. The molecule has 1 rings (SSSR count). The molecule has 0 aromatic heterocycles. The van der Waals surface area contributed by atoms with Gasteiger partial charge < -0.3 is 18.9 Å². The number of hydrogen-bond acceptors (Lipinski definition) is 7. The van der Waals surface area contributed by atoms with Crippen molar-refractivity contribution in [1.29, 1.82) is 0 Å². The minimum absolute atomic E-state index is 0.0601. The van der Waals surface area contributed by atoms with Gasteiger partial charge in [0, 0.05) is 20.8 Å². The van der Waals surface area contributed by atoms with E-state index < -0.39 is 42.2 Å². The monoisotopic (exact) mass is 272 g/mol. The number of esters is 3. The number of rotatable bonds is 4. The fraction of sp³-hybridized carbons (Fsp3) is 0.727. The second-order valence-electron chi connectivity index (χ2n) is 4.33. The zero-order valence-corrected chi connectivity index (χ0v) is 11.4. The van der Waals surface area contributed by atoms with Crippen molar-refractivity contribution in [2.45, 2.75) is 45.1 Å². The van der Waals surface area contributed by atoms with Crippen molar-refractivity contribution in [2.24, 2.45) is 0 Å². The highest BCUT2D eigenvalue weighted by Crippen LogP contribution is 2.25. The van der Waals surface area contributed by atoms with Crippen LogP contribution in [0.15, 0.2) is 0 Å². The fourth-order valence-corrected chi connectivity index (χ4v) is 1.93. The van der Waals surface area contributed by atoms with Gasteiger partial charge in [0.05, 0.1) is 6.00 Å². The van der Waals surface area contributed by atoms with Crippen molar-refractivity contribution >= 4 is 25.8 Å². The summed E-state index contributed by atoms with van der Waals surface area (Å²) >= 11 is 0. The second kappa shape index (κ2) is 6.56. The fourth-order valence-electron chi connectivity index (χ4n) is 1.93. The van der Waals surface area contributed by atoms with Gasteiger partial charge in [-0.2, -0.15) is 0 Å². The summed E-state index contributed by atoms with van der Waals surface area (Å²) in [6.45, 7) is 3.71. The molecule has 0 aromatic rings. The lowest BCUT2D eigenvalue weighted by molar-refractivity contribution is -0.165. The molecule has 0 spiro atoms. The zero-order chi connectivity index (χ0) is 14.6. The third kappa shape index (κ3) is 4.55. The Labute approximate surface area is 111 Å². The van der Waals surface area contributed by atoms with E-state index in [0.717, 1.165) is 0 Å². The van der Waals surface area contributed by atoms with Crippen LogP contribution in [-0.4, -0.2) is 56.7 Å². The van der Waals surface area contributed by atoms with Gasteiger partial charge in [-0.1, -0.05) is 0 Å². The van der Waals surface area contributed by atoms with Gasteiger partial charge >= 0.3 is 17.9 Å². The first-order valence-electron chi connectivity index (χ1n) is 5.94. The molecule has 0 aromatic carbocycles. The van der Waals surface area contributed by atoms with Crippen LogP contribution in [0, 0.1) is 0 Å². The molecule has 0 aliphatic carbocycles. The van der Waals surface area contributed by atoms with Crippen LogP contribution in [0.2, 0.25) is 0 Å². The Morgan fingerprint density at radius 2 is 1.53 bits per heavy atom. The van der Waals surface area contributed by atoms with Crippen molar-refractivity contribution in [3.8, 4) is 0 Å². The minimum atomic E-state index is -0.782. The Morgan fingerprint density at radius 1 is 1.00 bits per heavy atom. The van der Waals surface area contributed by atoms with Gasteiger partial charge in [-0.15, -0.1) is 0 Å².